The number of carbonyl (C=O) groups is 2. The molecular weight excluding hydrogens is 479 g/mol. The number of thiophene rings is 1. The summed E-state index contributed by atoms with van der Waals surface area (Å²) < 4.78 is 18.9. The molecule has 0 spiro atoms. The molecule has 2 aromatic rings. The molecule has 1 aromatic carbocycles. The number of ether oxygens (including phenoxy) is 1. The third-order valence-electron chi connectivity index (χ3n) is 6.90. The van der Waals surface area contributed by atoms with Gasteiger partial charge in [-0.3, -0.25) is 9.69 Å². The van der Waals surface area contributed by atoms with Crippen LogP contribution in [0.4, 0.5) is 9.18 Å². The Kier molecular flexibility index (Phi) is 10.1. The van der Waals surface area contributed by atoms with Crippen molar-refractivity contribution in [1.29, 1.82) is 0 Å². The molecule has 3 amide bonds. The number of hydrogen-bond donors (Lipinski definition) is 1. The van der Waals surface area contributed by atoms with Crippen molar-refractivity contribution < 1.29 is 18.7 Å². The third-order valence-corrected chi connectivity index (χ3v) is 7.76. The molecular formula is C27H37FN4O3S. The molecule has 0 bridgehead atoms. The highest BCUT2D eigenvalue weighted by Gasteiger charge is 2.25. The second-order valence-corrected chi connectivity index (χ2v) is 10.6. The maximum atomic E-state index is 13.6. The van der Waals surface area contributed by atoms with Crippen molar-refractivity contribution in [2.75, 3.05) is 45.9 Å². The summed E-state index contributed by atoms with van der Waals surface area (Å²) >= 11 is 1.59. The highest BCUT2D eigenvalue weighted by molar-refractivity contribution is 7.09. The van der Waals surface area contributed by atoms with Crippen molar-refractivity contribution in [1.82, 2.24) is 20.0 Å². The number of carbonyl (C=O) groups excluding carboxylic acids is 2. The summed E-state index contributed by atoms with van der Waals surface area (Å²) in [5.41, 5.74) is 0.854. The van der Waals surface area contributed by atoms with E-state index in [9.17, 15) is 14.0 Å². The Labute approximate surface area is 217 Å². The fourth-order valence-corrected chi connectivity index (χ4v) is 5.47. The van der Waals surface area contributed by atoms with Crippen molar-refractivity contribution in [2.24, 2.45) is 0 Å². The molecule has 0 radical (unpaired) electrons. The Morgan fingerprint density at radius 2 is 1.78 bits per heavy atom. The second kappa shape index (κ2) is 13.7. The minimum atomic E-state index is -0.302. The number of morpholine rings is 1. The molecule has 2 fully saturated rings. The van der Waals surface area contributed by atoms with Crippen molar-refractivity contribution >= 4 is 23.3 Å². The summed E-state index contributed by atoms with van der Waals surface area (Å²) in [6, 6.07) is 10.2. The first-order chi connectivity index (χ1) is 17.6. The van der Waals surface area contributed by atoms with E-state index in [0.717, 1.165) is 49.2 Å². The van der Waals surface area contributed by atoms with Gasteiger partial charge in [0.15, 0.2) is 0 Å². The summed E-state index contributed by atoms with van der Waals surface area (Å²) in [6.45, 7) is 5.07. The number of hydrogen-bond acceptors (Lipinski definition) is 5. The van der Waals surface area contributed by atoms with Gasteiger partial charge in [0.1, 0.15) is 12.4 Å². The monoisotopic (exact) mass is 516 g/mol. The van der Waals surface area contributed by atoms with Crippen LogP contribution in [0.3, 0.4) is 0 Å². The van der Waals surface area contributed by atoms with Crippen molar-refractivity contribution in [2.45, 2.75) is 51.2 Å². The Morgan fingerprint density at radius 1 is 1.03 bits per heavy atom. The van der Waals surface area contributed by atoms with Gasteiger partial charge in [0.05, 0.1) is 19.8 Å². The van der Waals surface area contributed by atoms with Crippen LogP contribution in [0.1, 0.15) is 42.5 Å². The first kappa shape index (κ1) is 26.6. The van der Waals surface area contributed by atoms with E-state index < -0.39 is 0 Å². The summed E-state index contributed by atoms with van der Waals surface area (Å²) in [6.07, 6.45) is 5.46. The lowest BCUT2D eigenvalue weighted by molar-refractivity contribution is -0.133. The van der Waals surface area contributed by atoms with Crippen LogP contribution in [-0.4, -0.2) is 78.6 Å². The van der Waals surface area contributed by atoms with Gasteiger partial charge >= 0.3 is 6.03 Å². The molecule has 2 aliphatic rings. The fraction of sp³-hybridized carbons (Fsp3) is 0.556. The molecule has 7 nitrogen and oxygen atoms in total. The maximum absolute atomic E-state index is 13.6. The number of rotatable bonds is 10. The second-order valence-electron chi connectivity index (χ2n) is 9.62. The first-order valence-corrected chi connectivity index (χ1v) is 13.8. The highest BCUT2D eigenvalue weighted by Crippen LogP contribution is 2.18. The molecule has 2 heterocycles. The van der Waals surface area contributed by atoms with Crippen molar-refractivity contribution in [3.05, 3.63) is 58.0 Å². The lowest BCUT2D eigenvalue weighted by atomic mass is 9.96. The quantitative estimate of drug-likeness (QED) is 0.517. The molecule has 4 rings (SSSR count). The number of nitrogens with one attached hydrogen (secondary N) is 1. The average Bonchev–Trinajstić information content (AvgIpc) is 3.41. The van der Waals surface area contributed by atoms with Gasteiger partial charge in [-0.2, -0.15) is 0 Å². The number of urea groups is 1. The predicted molar refractivity (Wildman–Crippen MR) is 139 cm³/mol. The predicted octanol–water partition coefficient (Wildman–Crippen LogP) is 4.09. The Balaban J connectivity index is 1.44. The molecule has 1 aliphatic heterocycles. The summed E-state index contributed by atoms with van der Waals surface area (Å²) in [7, 11) is 0. The molecule has 1 N–H and O–H groups in total. The molecule has 1 saturated heterocycles. The number of benzene rings is 1. The van der Waals surface area contributed by atoms with E-state index in [4.69, 9.17) is 4.74 Å². The molecule has 0 unspecified atom stereocenters. The van der Waals surface area contributed by atoms with E-state index in [1.54, 1.807) is 33.3 Å². The van der Waals surface area contributed by atoms with Gasteiger partial charge in [-0.25, -0.2) is 9.18 Å². The lowest BCUT2D eigenvalue weighted by Crippen LogP contribution is -2.52. The molecule has 1 aromatic heterocycles. The molecule has 9 heteroatoms. The highest BCUT2D eigenvalue weighted by atomic mass is 32.1. The Hall–Kier alpha value is -2.49. The largest absolute Gasteiger partial charge is 0.379 e. The standard InChI is InChI=1S/C27H37FN4O3S/c28-23-10-8-22(9-11-23)19-32(20-25-7-4-18-36-25)26(33)21-31(13-12-30-14-16-35-17-15-30)27(34)29-24-5-2-1-3-6-24/h4,7-11,18,24H,1-3,5-6,12-17,19-21H2,(H,29,34). The van der Waals surface area contributed by atoms with E-state index in [1.807, 2.05) is 17.5 Å². The van der Waals surface area contributed by atoms with Gasteiger partial charge in [0.2, 0.25) is 5.91 Å². The normalized spacial score (nSPS) is 17.0. The van der Waals surface area contributed by atoms with Gasteiger partial charge in [-0.15, -0.1) is 11.3 Å². The average molecular weight is 517 g/mol. The van der Waals surface area contributed by atoms with E-state index in [1.165, 1.54) is 18.6 Å². The van der Waals surface area contributed by atoms with E-state index in [0.29, 0.717) is 39.4 Å². The topological polar surface area (TPSA) is 65.1 Å². The lowest BCUT2D eigenvalue weighted by Gasteiger charge is -2.33. The summed E-state index contributed by atoms with van der Waals surface area (Å²) in [5.74, 6) is -0.419. The van der Waals surface area contributed by atoms with Crippen LogP contribution in [0.25, 0.3) is 0 Å². The van der Waals surface area contributed by atoms with Crippen molar-refractivity contribution in [3.8, 4) is 0 Å². The van der Waals surface area contributed by atoms with Gasteiger partial charge in [0.25, 0.3) is 0 Å². The van der Waals surface area contributed by atoms with Crippen LogP contribution in [0.15, 0.2) is 41.8 Å². The van der Waals surface area contributed by atoms with Crippen LogP contribution in [-0.2, 0) is 22.6 Å². The van der Waals surface area contributed by atoms with E-state index in [-0.39, 0.29) is 30.3 Å². The van der Waals surface area contributed by atoms with Crippen molar-refractivity contribution in [3.63, 3.8) is 0 Å². The van der Waals surface area contributed by atoms with Gasteiger partial charge < -0.3 is 19.9 Å². The number of amides is 3. The van der Waals surface area contributed by atoms with Crippen LogP contribution < -0.4 is 5.32 Å². The zero-order valence-electron chi connectivity index (χ0n) is 20.9. The number of nitrogens with zero attached hydrogens (tertiary/aromatic N) is 3. The number of halogens is 1. The SMILES string of the molecule is O=C(CN(CCN1CCOCC1)C(=O)NC1CCCCC1)N(Cc1ccc(F)cc1)Cc1cccs1. The minimum absolute atomic E-state index is 0.00939. The summed E-state index contributed by atoms with van der Waals surface area (Å²) in [4.78, 5) is 33.7. The van der Waals surface area contributed by atoms with Crippen LogP contribution >= 0.6 is 11.3 Å². The molecule has 1 saturated carbocycles. The maximum Gasteiger partial charge on any atom is 0.318 e. The Morgan fingerprint density at radius 3 is 2.47 bits per heavy atom. The van der Waals surface area contributed by atoms with E-state index in [2.05, 4.69) is 10.2 Å². The Bertz CT molecular complexity index is 944. The smallest absolute Gasteiger partial charge is 0.318 e. The van der Waals surface area contributed by atoms with Crippen LogP contribution in [0.5, 0.6) is 0 Å². The van der Waals surface area contributed by atoms with Gasteiger partial charge in [-0.05, 0) is 42.0 Å². The fourth-order valence-electron chi connectivity index (χ4n) is 4.75. The first-order valence-electron chi connectivity index (χ1n) is 13.0. The van der Waals surface area contributed by atoms with Gasteiger partial charge in [-0.1, -0.05) is 37.5 Å². The van der Waals surface area contributed by atoms with Crippen LogP contribution in [0.2, 0.25) is 0 Å². The third kappa shape index (κ3) is 8.28. The molecule has 36 heavy (non-hydrogen) atoms. The van der Waals surface area contributed by atoms with E-state index >= 15 is 0 Å². The molecule has 0 atom stereocenters. The zero-order chi connectivity index (χ0) is 25.2. The summed E-state index contributed by atoms with van der Waals surface area (Å²) in [5, 5.41) is 5.17. The van der Waals surface area contributed by atoms with Gasteiger partial charge in [0, 0.05) is 43.6 Å². The molecule has 196 valence electrons. The zero-order valence-corrected chi connectivity index (χ0v) is 21.7. The molecule has 1 aliphatic carbocycles. The van der Waals surface area contributed by atoms with Crippen LogP contribution in [0, 0.1) is 5.82 Å². The minimum Gasteiger partial charge on any atom is -0.379 e.